The van der Waals surface area contributed by atoms with Gasteiger partial charge >= 0.3 is 0 Å². The number of halogens is 1. The van der Waals surface area contributed by atoms with Crippen LogP contribution in [0.3, 0.4) is 0 Å². The van der Waals surface area contributed by atoms with Crippen LogP contribution in [-0.2, 0) is 6.42 Å². The molecule has 1 unspecified atom stereocenters. The molecule has 80 valence electrons. The third-order valence-corrected chi connectivity index (χ3v) is 4.63. The first kappa shape index (κ1) is 12.2. The molecular formula is C11H18BrNS. The second-order valence-corrected chi connectivity index (χ2v) is 6.06. The second kappa shape index (κ2) is 4.77. The van der Waals surface area contributed by atoms with Crippen molar-refractivity contribution in [2.75, 3.05) is 0 Å². The number of nitrogens with two attached hydrogens (primary N) is 1. The van der Waals surface area contributed by atoms with E-state index in [2.05, 4.69) is 48.1 Å². The summed E-state index contributed by atoms with van der Waals surface area (Å²) in [6.07, 6.45) is 2.01. The molecule has 0 radical (unpaired) electrons. The van der Waals surface area contributed by atoms with Crippen LogP contribution in [-0.4, -0.2) is 5.54 Å². The van der Waals surface area contributed by atoms with Gasteiger partial charge in [0.15, 0.2) is 0 Å². The van der Waals surface area contributed by atoms with Crippen LogP contribution < -0.4 is 5.73 Å². The monoisotopic (exact) mass is 275 g/mol. The lowest BCUT2D eigenvalue weighted by Crippen LogP contribution is -2.46. The quantitative estimate of drug-likeness (QED) is 0.889. The van der Waals surface area contributed by atoms with Gasteiger partial charge in [-0.3, -0.25) is 0 Å². The molecule has 0 aliphatic rings. The third kappa shape index (κ3) is 2.81. The van der Waals surface area contributed by atoms with Crippen LogP contribution in [0.15, 0.2) is 15.9 Å². The smallest absolute Gasteiger partial charge is 0.0285 e. The van der Waals surface area contributed by atoms with Gasteiger partial charge in [0.1, 0.15) is 0 Å². The minimum Gasteiger partial charge on any atom is -0.325 e. The zero-order valence-electron chi connectivity index (χ0n) is 9.01. The van der Waals surface area contributed by atoms with Crippen LogP contribution in [0.1, 0.15) is 32.1 Å². The summed E-state index contributed by atoms with van der Waals surface area (Å²) in [5.74, 6) is 0.522. The zero-order valence-corrected chi connectivity index (χ0v) is 11.4. The Morgan fingerprint density at radius 1 is 1.57 bits per heavy atom. The fourth-order valence-corrected chi connectivity index (χ4v) is 3.10. The summed E-state index contributed by atoms with van der Waals surface area (Å²) < 4.78 is 1.17. The highest BCUT2D eigenvalue weighted by Crippen LogP contribution is 2.28. The molecule has 1 aromatic heterocycles. The van der Waals surface area contributed by atoms with Gasteiger partial charge in [0, 0.05) is 26.7 Å². The molecule has 1 nitrogen and oxygen atoms in total. The average molecular weight is 276 g/mol. The highest BCUT2D eigenvalue weighted by atomic mass is 79.9. The molecule has 0 spiro atoms. The summed E-state index contributed by atoms with van der Waals surface area (Å²) in [7, 11) is 0. The van der Waals surface area contributed by atoms with Crippen molar-refractivity contribution < 1.29 is 0 Å². The van der Waals surface area contributed by atoms with E-state index in [1.54, 1.807) is 11.3 Å². The van der Waals surface area contributed by atoms with E-state index in [0.717, 1.165) is 12.8 Å². The van der Waals surface area contributed by atoms with Crippen molar-refractivity contribution in [1.29, 1.82) is 0 Å². The first-order valence-corrected chi connectivity index (χ1v) is 6.67. The maximum absolute atomic E-state index is 6.37. The Morgan fingerprint density at radius 2 is 2.21 bits per heavy atom. The Balaban J connectivity index is 2.75. The van der Waals surface area contributed by atoms with Crippen molar-refractivity contribution >= 4 is 27.3 Å². The number of rotatable bonds is 4. The van der Waals surface area contributed by atoms with Gasteiger partial charge in [0.25, 0.3) is 0 Å². The Kier molecular flexibility index (Phi) is 4.16. The van der Waals surface area contributed by atoms with Crippen molar-refractivity contribution in [2.45, 2.75) is 39.2 Å². The first-order chi connectivity index (χ1) is 6.48. The molecule has 0 amide bonds. The molecule has 0 aliphatic carbocycles. The summed E-state index contributed by atoms with van der Waals surface area (Å²) in [5, 5.41) is 2.12. The molecule has 1 atom stereocenters. The summed E-state index contributed by atoms with van der Waals surface area (Å²) in [4.78, 5) is 1.37. The Hall–Kier alpha value is 0.140. The van der Waals surface area contributed by atoms with Gasteiger partial charge in [-0.25, -0.2) is 0 Å². The Morgan fingerprint density at radius 3 is 2.57 bits per heavy atom. The number of hydrogen-bond acceptors (Lipinski definition) is 2. The van der Waals surface area contributed by atoms with Gasteiger partial charge in [-0.2, -0.15) is 0 Å². The van der Waals surface area contributed by atoms with Crippen LogP contribution in [0.4, 0.5) is 0 Å². The normalized spacial score (nSPS) is 15.9. The number of hydrogen-bond donors (Lipinski definition) is 1. The third-order valence-electron chi connectivity index (χ3n) is 2.93. The first-order valence-electron chi connectivity index (χ1n) is 4.99. The van der Waals surface area contributed by atoms with E-state index in [1.807, 2.05) is 0 Å². The second-order valence-electron chi connectivity index (χ2n) is 4.15. The van der Waals surface area contributed by atoms with Crippen molar-refractivity contribution in [3.63, 3.8) is 0 Å². The summed E-state index contributed by atoms with van der Waals surface area (Å²) in [6.45, 7) is 6.57. The van der Waals surface area contributed by atoms with Crippen LogP contribution in [0.2, 0.25) is 0 Å². The fourth-order valence-electron chi connectivity index (χ4n) is 1.51. The molecule has 0 aliphatic heterocycles. The van der Waals surface area contributed by atoms with Crippen molar-refractivity contribution in [3.8, 4) is 0 Å². The lowest BCUT2D eigenvalue weighted by molar-refractivity contribution is 0.298. The van der Waals surface area contributed by atoms with Crippen LogP contribution in [0.5, 0.6) is 0 Å². The van der Waals surface area contributed by atoms with Crippen LogP contribution in [0.25, 0.3) is 0 Å². The lowest BCUT2D eigenvalue weighted by Gasteiger charge is -2.32. The van der Waals surface area contributed by atoms with Crippen molar-refractivity contribution in [3.05, 3.63) is 20.8 Å². The van der Waals surface area contributed by atoms with E-state index in [9.17, 15) is 0 Å². The predicted octanol–water partition coefficient (Wildman–Crippen LogP) is 3.82. The maximum Gasteiger partial charge on any atom is 0.0285 e. The van der Waals surface area contributed by atoms with Gasteiger partial charge < -0.3 is 5.73 Å². The maximum atomic E-state index is 6.37. The molecule has 0 aromatic carbocycles. The van der Waals surface area contributed by atoms with Crippen LogP contribution in [0, 0.1) is 5.92 Å². The molecule has 1 rings (SSSR count). The zero-order chi connectivity index (χ0) is 10.8. The molecule has 1 heterocycles. The molecule has 0 fully saturated rings. The molecule has 2 N–H and O–H groups in total. The van der Waals surface area contributed by atoms with Crippen molar-refractivity contribution in [2.24, 2.45) is 11.7 Å². The SMILES string of the molecule is CCC(N)(Cc1cc(Br)cs1)C(C)C. The highest BCUT2D eigenvalue weighted by molar-refractivity contribution is 9.10. The summed E-state index contributed by atoms with van der Waals surface area (Å²) in [6, 6.07) is 2.17. The minimum atomic E-state index is -0.0513. The molecule has 1 aromatic rings. The van der Waals surface area contributed by atoms with Gasteiger partial charge in [-0.15, -0.1) is 11.3 Å². The van der Waals surface area contributed by atoms with Gasteiger partial charge in [-0.05, 0) is 34.3 Å². The summed E-state index contributed by atoms with van der Waals surface area (Å²) >= 11 is 5.25. The molecule has 0 bridgehead atoms. The fraction of sp³-hybridized carbons (Fsp3) is 0.636. The van der Waals surface area contributed by atoms with Crippen LogP contribution >= 0.6 is 27.3 Å². The van der Waals surface area contributed by atoms with E-state index in [0.29, 0.717) is 5.92 Å². The van der Waals surface area contributed by atoms with Gasteiger partial charge in [0.2, 0.25) is 0 Å². The predicted molar refractivity (Wildman–Crippen MR) is 67.8 cm³/mol. The van der Waals surface area contributed by atoms with E-state index < -0.39 is 0 Å². The topological polar surface area (TPSA) is 26.0 Å². The van der Waals surface area contributed by atoms with E-state index in [1.165, 1.54) is 9.35 Å². The van der Waals surface area contributed by atoms with E-state index in [-0.39, 0.29) is 5.54 Å². The Bertz CT molecular complexity index is 295. The van der Waals surface area contributed by atoms with Crippen molar-refractivity contribution in [1.82, 2.24) is 0 Å². The average Bonchev–Trinajstić information content (AvgIpc) is 2.50. The summed E-state index contributed by atoms with van der Waals surface area (Å²) in [5.41, 5.74) is 6.32. The van der Waals surface area contributed by atoms with Gasteiger partial charge in [0.05, 0.1) is 0 Å². The largest absolute Gasteiger partial charge is 0.325 e. The molecule has 0 saturated heterocycles. The molecule has 3 heteroatoms. The minimum absolute atomic E-state index is 0.0513. The van der Waals surface area contributed by atoms with E-state index >= 15 is 0 Å². The standard InChI is InChI=1S/C11H18BrNS/c1-4-11(13,8(2)3)6-10-5-9(12)7-14-10/h5,7-8H,4,6,13H2,1-3H3. The lowest BCUT2D eigenvalue weighted by atomic mass is 9.81. The van der Waals surface area contributed by atoms with Gasteiger partial charge in [-0.1, -0.05) is 20.8 Å². The molecular weight excluding hydrogens is 258 g/mol. The number of thiophene rings is 1. The Labute approximate surface area is 98.8 Å². The van der Waals surface area contributed by atoms with E-state index in [4.69, 9.17) is 5.73 Å². The molecule has 14 heavy (non-hydrogen) atoms. The highest BCUT2D eigenvalue weighted by Gasteiger charge is 2.27. The molecule has 0 saturated carbocycles.